The van der Waals surface area contributed by atoms with E-state index < -0.39 is 0 Å². The average Bonchev–Trinajstić information content (AvgIpc) is 3.01. The smallest absolute Gasteiger partial charge is 0.239 e. The maximum Gasteiger partial charge on any atom is 0.239 e. The summed E-state index contributed by atoms with van der Waals surface area (Å²) in [4.78, 5) is 15.7. The predicted octanol–water partition coefficient (Wildman–Crippen LogP) is 2.17. The number of aromatic nitrogens is 1. The van der Waals surface area contributed by atoms with E-state index in [1.54, 1.807) is 6.07 Å². The van der Waals surface area contributed by atoms with Gasteiger partial charge >= 0.3 is 0 Å². The number of hydrogen-bond donors (Lipinski definition) is 2. The summed E-state index contributed by atoms with van der Waals surface area (Å²) in [6, 6.07) is 5.59. The summed E-state index contributed by atoms with van der Waals surface area (Å²) in [7, 11) is 0. The van der Waals surface area contributed by atoms with E-state index in [2.05, 4.69) is 15.6 Å². The summed E-state index contributed by atoms with van der Waals surface area (Å²) < 4.78 is 0. The number of nitrogens with one attached hydrogen (secondary N) is 2. The molecule has 2 N–H and O–H groups in total. The predicted molar refractivity (Wildman–Crippen MR) is 77.7 cm³/mol. The van der Waals surface area contributed by atoms with Crippen molar-refractivity contribution in [2.75, 3.05) is 18.4 Å². The molecule has 18 heavy (non-hydrogen) atoms. The van der Waals surface area contributed by atoms with Crippen LogP contribution in [0.1, 0.15) is 18.5 Å². The quantitative estimate of drug-likeness (QED) is 0.874. The van der Waals surface area contributed by atoms with E-state index in [1.165, 1.54) is 12.8 Å². The molecule has 0 aromatic carbocycles. The van der Waals surface area contributed by atoms with Crippen LogP contribution in [0.3, 0.4) is 0 Å². The van der Waals surface area contributed by atoms with Gasteiger partial charge in [-0.3, -0.25) is 4.79 Å². The van der Waals surface area contributed by atoms with Crippen molar-refractivity contribution in [1.29, 1.82) is 0 Å². The maximum atomic E-state index is 11.5. The molecule has 1 fully saturated rings. The lowest BCUT2D eigenvalue weighted by atomic mass is 10.3. The van der Waals surface area contributed by atoms with E-state index in [0.717, 1.165) is 18.2 Å². The molecular weight excluding hydrogens is 273 g/mol. The van der Waals surface area contributed by atoms with Crippen molar-refractivity contribution < 1.29 is 4.79 Å². The Morgan fingerprint density at radius 3 is 2.72 bits per heavy atom. The molecule has 1 aliphatic carbocycles. The van der Waals surface area contributed by atoms with Crippen LogP contribution in [-0.4, -0.2) is 24.0 Å². The van der Waals surface area contributed by atoms with Crippen molar-refractivity contribution in [2.24, 2.45) is 5.92 Å². The molecule has 0 atom stereocenters. The van der Waals surface area contributed by atoms with Crippen molar-refractivity contribution in [3.8, 4) is 0 Å². The van der Waals surface area contributed by atoms with Crippen molar-refractivity contribution in [2.45, 2.75) is 19.8 Å². The highest BCUT2D eigenvalue weighted by Crippen LogP contribution is 2.27. The van der Waals surface area contributed by atoms with Gasteiger partial charge in [0.2, 0.25) is 5.91 Å². The summed E-state index contributed by atoms with van der Waals surface area (Å²) in [5, 5.41) is 5.91. The third kappa shape index (κ3) is 6.19. The Balaban J connectivity index is 0.00000144. The molecular formula is C12H19Cl2N3O. The standard InChI is InChI=1S/C12H17N3O.2ClH/c1-9-3-2-4-11(14-9)15-12(16)8-13-7-10-5-6-10;;/h2-4,10,13H,5-8H2,1H3,(H,14,15,16);2*1H. The normalized spacial score (nSPS) is 13.2. The Morgan fingerprint density at radius 1 is 1.39 bits per heavy atom. The van der Waals surface area contributed by atoms with Crippen LogP contribution in [0.15, 0.2) is 18.2 Å². The molecule has 1 heterocycles. The summed E-state index contributed by atoms with van der Waals surface area (Å²) in [6.45, 7) is 3.22. The van der Waals surface area contributed by atoms with Crippen molar-refractivity contribution in [3.63, 3.8) is 0 Å². The molecule has 1 aromatic heterocycles. The molecule has 0 spiro atoms. The van der Waals surface area contributed by atoms with E-state index in [0.29, 0.717) is 12.4 Å². The summed E-state index contributed by atoms with van der Waals surface area (Å²) in [5.74, 6) is 1.39. The van der Waals surface area contributed by atoms with Gasteiger partial charge < -0.3 is 10.6 Å². The molecule has 0 bridgehead atoms. The van der Waals surface area contributed by atoms with Gasteiger partial charge in [0.25, 0.3) is 0 Å². The van der Waals surface area contributed by atoms with Crippen LogP contribution in [0.25, 0.3) is 0 Å². The number of carbonyl (C=O) groups is 1. The Bertz CT molecular complexity index is 383. The van der Waals surface area contributed by atoms with Crippen molar-refractivity contribution in [3.05, 3.63) is 23.9 Å². The Labute approximate surface area is 120 Å². The van der Waals surface area contributed by atoms with Crippen LogP contribution in [0.4, 0.5) is 5.82 Å². The van der Waals surface area contributed by atoms with Crippen molar-refractivity contribution in [1.82, 2.24) is 10.3 Å². The Hall–Kier alpha value is -0.840. The number of nitrogens with zero attached hydrogens (tertiary/aromatic N) is 1. The maximum absolute atomic E-state index is 11.5. The minimum absolute atomic E-state index is 0. The lowest BCUT2D eigenvalue weighted by molar-refractivity contribution is -0.115. The van der Waals surface area contributed by atoms with Crippen LogP contribution in [0.2, 0.25) is 0 Å². The largest absolute Gasteiger partial charge is 0.310 e. The van der Waals surface area contributed by atoms with Gasteiger partial charge in [0.15, 0.2) is 0 Å². The zero-order valence-corrected chi connectivity index (χ0v) is 11.9. The molecule has 2 rings (SSSR count). The number of carbonyl (C=O) groups excluding carboxylic acids is 1. The van der Waals surface area contributed by atoms with Crippen LogP contribution in [0, 0.1) is 12.8 Å². The lowest BCUT2D eigenvalue weighted by Gasteiger charge is -2.05. The van der Waals surface area contributed by atoms with E-state index in [1.807, 2.05) is 19.1 Å². The first-order valence-electron chi connectivity index (χ1n) is 5.68. The number of anilines is 1. The van der Waals surface area contributed by atoms with Crippen molar-refractivity contribution >= 4 is 36.5 Å². The van der Waals surface area contributed by atoms with E-state index in [9.17, 15) is 4.79 Å². The molecule has 1 amide bonds. The molecule has 1 aromatic rings. The third-order valence-electron chi connectivity index (χ3n) is 2.57. The van der Waals surface area contributed by atoms with Gasteiger partial charge in [-0.15, -0.1) is 24.8 Å². The fourth-order valence-electron chi connectivity index (χ4n) is 1.51. The van der Waals surface area contributed by atoms with Gasteiger partial charge in [-0.25, -0.2) is 4.98 Å². The van der Waals surface area contributed by atoms with E-state index in [4.69, 9.17) is 0 Å². The van der Waals surface area contributed by atoms with Gasteiger partial charge in [0, 0.05) is 5.69 Å². The summed E-state index contributed by atoms with van der Waals surface area (Å²) in [5.41, 5.74) is 0.906. The Kier molecular flexibility index (Phi) is 7.91. The minimum atomic E-state index is -0.0289. The number of amides is 1. The molecule has 0 radical (unpaired) electrons. The van der Waals surface area contributed by atoms with Gasteiger partial charge in [-0.1, -0.05) is 6.07 Å². The number of pyridine rings is 1. The van der Waals surface area contributed by atoms with E-state index in [-0.39, 0.29) is 30.7 Å². The summed E-state index contributed by atoms with van der Waals surface area (Å²) >= 11 is 0. The van der Waals surface area contributed by atoms with E-state index >= 15 is 0 Å². The zero-order chi connectivity index (χ0) is 11.4. The SMILES string of the molecule is Cc1cccc(NC(=O)CNCC2CC2)n1.Cl.Cl. The first-order chi connectivity index (χ1) is 7.74. The molecule has 4 nitrogen and oxygen atoms in total. The Morgan fingerprint density at radius 2 is 2.11 bits per heavy atom. The fourth-order valence-corrected chi connectivity index (χ4v) is 1.51. The second kappa shape index (κ2) is 8.29. The lowest BCUT2D eigenvalue weighted by Crippen LogP contribution is -2.29. The second-order valence-corrected chi connectivity index (χ2v) is 4.29. The number of rotatable bonds is 5. The highest BCUT2D eigenvalue weighted by molar-refractivity contribution is 5.91. The number of halogens is 2. The topological polar surface area (TPSA) is 54.0 Å². The van der Waals surface area contributed by atoms with Crippen LogP contribution in [-0.2, 0) is 4.79 Å². The number of hydrogen-bond acceptors (Lipinski definition) is 3. The second-order valence-electron chi connectivity index (χ2n) is 4.29. The monoisotopic (exact) mass is 291 g/mol. The molecule has 1 aliphatic rings. The van der Waals surface area contributed by atoms with Crippen LogP contribution >= 0.6 is 24.8 Å². The van der Waals surface area contributed by atoms with Crippen LogP contribution < -0.4 is 10.6 Å². The average molecular weight is 292 g/mol. The molecule has 1 saturated carbocycles. The molecule has 0 saturated heterocycles. The van der Waals surface area contributed by atoms with Gasteiger partial charge in [0.1, 0.15) is 5.82 Å². The third-order valence-corrected chi connectivity index (χ3v) is 2.57. The molecule has 0 aliphatic heterocycles. The number of aryl methyl sites for hydroxylation is 1. The summed E-state index contributed by atoms with van der Waals surface area (Å²) in [6.07, 6.45) is 2.60. The minimum Gasteiger partial charge on any atom is -0.310 e. The van der Waals surface area contributed by atoms with Crippen LogP contribution in [0.5, 0.6) is 0 Å². The fraction of sp³-hybridized carbons (Fsp3) is 0.500. The van der Waals surface area contributed by atoms with Gasteiger partial charge in [-0.2, -0.15) is 0 Å². The molecule has 0 unspecified atom stereocenters. The zero-order valence-electron chi connectivity index (χ0n) is 10.3. The molecule has 6 heteroatoms. The first-order valence-corrected chi connectivity index (χ1v) is 5.68. The highest BCUT2D eigenvalue weighted by Gasteiger charge is 2.20. The van der Waals surface area contributed by atoms with Gasteiger partial charge in [0.05, 0.1) is 6.54 Å². The molecule has 102 valence electrons. The van der Waals surface area contributed by atoms with Gasteiger partial charge in [-0.05, 0) is 44.4 Å². The highest BCUT2D eigenvalue weighted by atomic mass is 35.5. The first kappa shape index (κ1) is 17.2.